The molecule has 0 spiro atoms. The summed E-state index contributed by atoms with van der Waals surface area (Å²) in [7, 11) is 0. The molecule has 3 aliphatic heterocycles. The fourth-order valence-electron chi connectivity index (χ4n) is 10.4. The number of hydrogen-bond donors (Lipinski definition) is 2. The van der Waals surface area contributed by atoms with Gasteiger partial charge in [0.1, 0.15) is 30.0 Å². The van der Waals surface area contributed by atoms with Crippen LogP contribution in [-0.4, -0.2) is 181 Å². The molecule has 0 bridgehead atoms. The minimum Gasteiger partial charge on any atom is -0.490 e. The summed E-state index contributed by atoms with van der Waals surface area (Å²) >= 11 is 0. The number of pyridine rings is 1. The van der Waals surface area contributed by atoms with Crippen molar-refractivity contribution in [3.8, 4) is 16.9 Å². The molecule has 6 heterocycles. The average Bonchev–Trinajstić information content (AvgIpc) is 4.39. The maximum Gasteiger partial charge on any atom is 0.411 e. The smallest absolute Gasteiger partial charge is 0.411 e. The van der Waals surface area contributed by atoms with Crippen LogP contribution in [0.3, 0.4) is 0 Å². The minimum absolute atomic E-state index is 0.00254. The van der Waals surface area contributed by atoms with E-state index in [0.29, 0.717) is 71.8 Å². The minimum atomic E-state index is -0.822. The molecule has 6 aromatic rings. The van der Waals surface area contributed by atoms with Crippen molar-refractivity contribution >= 4 is 46.2 Å². The lowest BCUT2D eigenvalue weighted by Gasteiger charge is -2.40. The molecule has 3 saturated heterocycles. The molecule has 10 rings (SSSR count). The number of H-pyrrole nitrogens is 1. The molecule has 2 N–H and O–H groups in total. The van der Waals surface area contributed by atoms with Gasteiger partial charge in [0.05, 0.1) is 47.2 Å². The molecule has 0 unspecified atom stereocenters. The molecular weight excluding hydrogens is 1020 g/mol. The third-order valence-electron chi connectivity index (χ3n) is 14.9. The highest BCUT2D eigenvalue weighted by atomic mass is 19.1. The van der Waals surface area contributed by atoms with Gasteiger partial charge < -0.3 is 34.4 Å². The highest BCUT2D eigenvalue weighted by Gasteiger charge is 2.33. The maximum absolute atomic E-state index is 15.2. The quantitative estimate of drug-likeness (QED) is 0.116. The Kier molecular flexibility index (Phi) is 16.9. The summed E-state index contributed by atoms with van der Waals surface area (Å²) in [6.45, 7) is 11.3. The molecule has 1 saturated carbocycles. The number of aromatic amines is 1. The van der Waals surface area contributed by atoms with Crippen molar-refractivity contribution in [1.29, 1.82) is 0 Å². The Hall–Kier alpha value is -8.17. The fourth-order valence-corrected chi connectivity index (χ4v) is 10.4. The Bertz CT molecular complexity index is 3290. The second kappa shape index (κ2) is 24.5. The van der Waals surface area contributed by atoms with Crippen molar-refractivity contribution in [3.05, 3.63) is 142 Å². The van der Waals surface area contributed by atoms with E-state index in [-0.39, 0.29) is 73.1 Å². The number of anilines is 1. The van der Waals surface area contributed by atoms with Gasteiger partial charge >= 0.3 is 6.09 Å². The Morgan fingerprint density at radius 2 is 1.49 bits per heavy atom. The summed E-state index contributed by atoms with van der Waals surface area (Å²) in [4.78, 5) is 105. The first-order valence-corrected chi connectivity index (χ1v) is 27.4. The molecule has 3 aromatic carbocycles. The SMILES string of the molecule is CC(C)(C)OC(=O)N(CC(=O)Nc1cc(-c2cccc(OC3CC3)c2)cnc1C(=O)N1CCC(CN2CCN(CC(=O)N3CCN(C(=O)c4cc(Cc5n[nH]c(=O)c6ccccc56)ccc4F)CC3)CC2)CC1)Cc1ccncn1. The third kappa shape index (κ3) is 14.0. The van der Waals surface area contributed by atoms with Gasteiger partial charge in [0, 0.05) is 102 Å². The van der Waals surface area contributed by atoms with E-state index in [1.54, 1.807) is 84.3 Å². The van der Waals surface area contributed by atoms with Gasteiger partial charge in [0.2, 0.25) is 11.8 Å². The summed E-state index contributed by atoms with van der Waals surface area (Å²) < 4.78 is 26.9. The molecule has 80 heavy (non-hydrogen) atoms. The van der Waals surface area contributed by atoms with Gasteiger partial charge in [-0.2, -0.15) is 5.10 Å². The standard InChI is InChI=1S/C59H67FN12O8/c1-59(2,3)80-58(78)72(35-43-15-18-61-38-63-43)36-52(73)64-51-32-42(41-7-6-8-45(31-41)79-44-12-13-44)33-62-54(51)57(77)70-19-16-39(17-20-70)34-67-21-23-68(24-22-67)37-53(74)69-25-27-71(28-26-69)56(76)48-29-40(11-14-49(48)60)30-50-46-9-4-5-10-47(46)55(75)66-65-50/h4-11,14-15,18,29,31-33,38-39,44H,12-13,16-17,19-28,30,34-37H2,1-3H3,(H,64,73)(H,66,75). The van der Waals surface area contributed by atoms with Crippen LogP contribution >= 0.6 is 0 Å². The van der Waals surface area contributed by atoms with Crippen molar-refractivity contribution in [2.24, 2.45) is 5.92 Å². The average molecular weight is 1090 g/mol. The molecule has 3 aromatic heterocycles. The number of ether oxygens (including phenoxy) is 2. The number of nitrogens with one attached hydrogen (secondary N) is 2. The third-order valence-corrected chi connectivity index (χ3v) is 14.9. The number of benzene rings is 3. The Labute approximate surface area is 463 Å². The summed E-state index contributed by atoms with van der Waals surface area (Å²) in [5.74, 6) is -0.843. The number of likely N-dealkylation sites (tertiary alicyclic amines) is 1. The molecule has 1 aliphatic carbocycles. The Morgan fingerprint density at radius 3 is 2.21 bits per heavy atom. The normalized spacial score (nSPS) is 16.6. The largest absolute Gasteiger partial charge is 0.490 e. The first-order valence-electron chi connectivity index (χ1n) is 27.4. The highest BCUT2D eigenvalue weighted by Crippen LogP contribution is 2.32. The topological polar surface area (TPSA) is 220 Å². The van der Waals surface area contributed by atoms with Gasteiger partial charge in [-0.3, -0.25) is 33.8 Å². The van der Waals surface area contributed by atoms with Crippen molar-refractivity contribution < 1.29 is 37.8 Å². The second-order valence-electron chi connectivity index (χ2n) is 22.1. The maximum atomic E-state index is 15.2. The van der Waals surface area contributed by atoms with Crippen LogP contribution in [0.5, 0.6) is 5.75 Å². The zero-order valence-electron chi connectivity index (χ0n) is 45.4. The molecule has 5 amide bonds. The lowest BCUT2D eigenvalue weighted by atomic mass is 9.95. The van der Waals surface area contributed by atoms with Crippen LogP contribution in [0.1, 0.15) is 84.3 Å². The summed E-state index contributed by atoms with van der Waals surface area (Å²) in [5, 5.41) is 10.9. The lowest BCUT2D eigenvalue weighted by molar-refractivity contribution is -0.134. The number of piperazine rings is 2. The van der Waals surface area contributed by atoms with Gasteiger partial charge in [-0.1, -0.05) is 36.4 Å². The molecule has 21 heteroatoms. The van der Waals surface area contributed by atoms with Gasteiger partial charge in [0.15, 0.2) is 5.69 Å². The van der Waals surface area contributed by atoms with E-state index >= 15 is 4.39 Å². The van der Waals surface area contributed by atoms with Crippen LogP contribution in [0.2, 0.25) is 0 Å². The number of piperidine rings is 1. The zero-order chi connectivity index (χ0) is 55.9. The number of fused-ring (bicyclic) bond motifs is 1. The first kappa shape index (κ1) is 55.2. The Balaban J connectivity index is 0.703. The number of amides is 5. The van der Waals surface area contributed by atoms with Crippen LogP contribution in [0.25, 0.3) is 21.9 Å². The molecule has 20 nitrogen and oxygen atoms in total. The summed E-state index contributed by atoms with van der Waals surface area (Å²) in [5.41, 5.74) is 2.43. The predicted octanol–water partition coefficient (Wildman–Crippen LogP) is 5.88. The number of rotatable bonds is 16. The monoisotopic (exact) mass is 1090 g/mol. The highest BCUT2D eigenvalue weighted by molar-refractivity contribution is 6.04. The van der Waals surface area contributed by atoms with E-state index in [2.05, 4.69) is 40.3 Å². The number of nitrogens with zero attached hydrogens (tertiary/aromatic N) is 10. The van der Waals surface area contributed by atoms with Crippen LogP contribution in [0.15, 0.2) is 102 Å². The van der Waals surface area contributed by atoms with Gasteiger partial charge in [0.25, 0.3) is 17.4 Å². The second-order valence-corrected chi connectivity index (χ2v) is 22.1. The number of hydrogen-bond acceptors (Lipinski definition) is 14. The predicted molar refractivity (Wildman–Crippen MR) is 296 cm³/mol. The van der Waals surface area contributed by atoms with Crippen molar-refractivity contribution in [1.82, 2.24) is 54.5 Å². The van der Waals surface area contributed by atoms with Gasteiger partial charge in [-0.15, -0.1) is 0 Å². The van der Waals surface area contributed by atoms with Crippen LogP contribution < -0.4 is 15.6 Å². The van der Waals surface area contributed by atoms with E-state index in [4.69, 9.17) is 9.47 Å². The van der Waals surface area contributed by atoms with Gasteiger partial charge in [-0.05, 0) is 106 Å². The summed E-state index contributed by atoms with van der Waals surface area (Å²) in [6, 6.07) is 22.6. The van der Waals surface area contributed by atoms with Crippen LogP contribution in [0, 0.1) is 11.7 Å². The van der Waals surface area contributed by atoms with Crippen LogP contribution in [0.4, 0.5) is 14.9 Å². The van der Waals surface area contributed by atoms with Crippen molar-refractivity contribution in [3.63, 3.8) is 0 Å². The van der Waals surface area contributed by atoms with E-state index in [1.165, 1.54) is 17.3 Å². The zero-order valence-corrected chi connectivity index (χ0v) is 45.4. The lowest BCUT2D eigenvalue weighted by Crippen LogP contribution is -2.55. The fraction of sp³-hybridized carbons (Fsp3) is 0.424. The van der Waals surface area contributed by atoms with E-state index in [9.17, 15) is 28.8 Å². The van der Waals surface area contributed by atoms with Crippen molar-refractivity contribution in [2.75, 3.05) is 90.4 Å². The first-order chi connectivity index (χ1) is 38.6. The summed E-state index contributed by atoms with van der Waals surface area (Å²) in [6.07, 6.45) is 7.93. The number of carbonyl (C=O) groups is 5. The van der Waals surface area contributed by atoms with E-state index in [1.807, 2.05) is 36.4 Å². The molecule has 0 atom stereocenters. The van der Waals surface area contributed by atoms with Crippen LogP contribution in [-0.2, 0) is 27.3 Å². The van der Waals surface area contributed by atoms with Gasteiger partial charge in [-0.25, -0.2) is 29.2 Å². The van der Waals surface area contributed by atoms with E-state index in [0.717, 1.165) is 69.7 Å². The molecule has 4 aliphatic rings. The molecule has 4 fully saturated rings. The molecular formula is C59H67FN12O8. The molecule has 418 valence electrons. The number of aromatic nitrogens is 5. The Morgan fingerprint density at radius 1 is 0.762 bits per heavy atom. The number of carbonyl (C=O) groups excluding carboxylic acids is 5. The number of halogens is 1. The van der Waals surface area contributed by atoms with Crippen molar-refractivity contribution in [2.45, 2.75) is 71.1 Å². The van der Waals surface area contributed by atoms with E-state index < -0.39 is 29.3 Å². The molecule has 0 radical (unpaired) electrons.